The fourth-order valence-corrected chi connectivity index (χ4v) is 1.87. The maximum Gasteiger partial charge on any atom is 0.144 e. The number of nitrogens with two attached hydrogens (primary N) is 1. The van der Waals surface area contributed by atoms with E-state index in [1.165, 1.54) is 0 Å². The fraction of sp³-hybridized carbons (Fsp3) is 0.500. The van der Waals surface area contributed by atoms with Crippen molar-refractivity contribution in [3.63, 3.8) is 0 Å². The second-order valence-corrected chi connectivity index (χ2v) is 5.00. The summed E-state index contributed by atoms with van der Waals surface area (Å²) >= 11 is 5.72. The van der Waals surface area contributed by atoms with E-state index in [0.717, 1.165) is 6.42 Å². The van der Waals surface area contributed by atoms with E-state index in [-0.39, 0.29) is 16.3 Å². The van der Waals surface area contributed by atoms with Crippen molar-refractivity contribution in [3.05, 3.63) is 34.6 Å². The molecule has 1 rings (SSSR count). The average Bonchev–Trinajstić information content (AvgIpc) is 2.12. The molecule has 0 saturated heterocycles. The van der Waals surface area contributed by atoms with E-state index in [2.05, 4.69) is 13.8 Å². The molecule has 0 unspecified atom stereocenters. The van der Waals surface area contributed by atoms with Gasteiger partial charge in [0, 0.05) is 0 Å². The highest BCUT2D eigenvalue weighted by Gasteiger charge is 2.20. The minimum absolute atomic E-state index is 0.0142. The highest BCUT2D eigenvalue weighted by molar-refractivity contribution is 6.30. The summed E-state index contributed by atoms with van der Waals surface area (Å²) < 4.78 is 13.6. The molecular weight excluding hydrogens is 213 g/mol. The lowest BCUT2D eigenvalue weighted by molar-refractivity contribution is 0.333. The first-order valence-corrected chi connectivity index (χ1v) is 5.47. The molecule has 0 heterocycles. The molecule has 0 aliphatic heterocycles. The van der Waals surface area contributed by atoms with Gasteiger partial charge in [0.05, 0.1) is 5.02 Å². The van der Waals surface area contributed by atoms with Gasteiger partial charge in [-0.3, -0.25) is 0 Å². The van der Waals surface area contributed by atoms with Crippen molar-refractivity contribution in [1.29, 1.82) is 0 Å². The Morgan fingerprint density at radius 3 is 2.67 bits per heavy atom. The molecular formula is C12H17ClFN. The van der Waals surface area contributed by atoms with Crippen LogP contribution in [-0.2, 0) is 6.42 Å². The summed E-state index contributed by atoms with van der Waals surface area (Å²) in [6.07, 6.45) is 1.54. The molecule has 15 heavy (non-hydrogen) atoms. The van der Waals surface area contributed by atoms with Gasteiger partial charge in [-0.25, -0.2) is 4.39 Å². The van der Waals surface area contributed by atoms with E-state index in [4.69, 9.17) is 17.3 Å². The van der Waals surface area contributed by atoms with Gasteiger partial charge in [-0.05, 0) is 36.4 Å². The van der Waals surface area contributed by atoms with E-state index < -0.39 is 0 Å². The number of rotatable bonds is 4. The van der Waals surface area contributed by atoms with Crippen molar-refractivity contribution in [2.45, 2.75) is 26.7 Å². The zero-order valence-electron chi connectivity index (χ0n) is 9.19. The van der Waals surface area contributed by atoms with Crippen molar-refractivity contribution in [3.8, 4) is 0 Å². The molecule has 84 valence electrons. The van der Waals surface area contributed by atoms with Gasteiger partial charge in [-0.2, -0.15) is 0 Å². The SMILES string of the molecule is CC(C)(CCN)Cc1cccc(Cl)c1F. The van der Waals surface area contributed by atoms with Gasteiger partial charge in [-0.1, -0.05) is 37.6 Å². The van der Waals surface area contributed by atoms with Crippen LogP contribution in [0.5, 0.6) is 0 Å². The van der Waals surface area contributed by atoms with Gasteiger partial charge >= 0.3 is 0 Å². The van der Waals surface area contributed by atoms with Gasteiger partial charge in [0.15, 0.2) is 0 Å². The summed E-state index contributed by atoms with van der Waals surface area (Å²) in [6.45, 7) is 4.79. The van der Waals surface area contributed by atoms with Gasteiger partial charge in [0.25, 0.3) is 0 Å². The summed E-state index contributed by atoms with van der Waals surface area (Å²) in [7, 11) is 0. The number of halogens is 2. The van der Waals surface area contributed by atoms with Crippen LogP contribution in [0.1, 0.15) is 25.8 Å². The average molecular weight is 230 g/mol. The van der Waals surface area contributed by atoms with Crippen LogP contribution >= 0.6 is 11.6 Å². The molecule has 1 aromatic carbocycles. The molecule has 0 aliphatic carbocycles. The summed E-state index contributed by atoms with van der Waals surface area (Å²) in [5.74, 6) is -0.302. The van der Waals surface area contributed by atoms with Gasteiger partial charge in [-0.15, -0.1) is 0 Å². The molecule has 0 saturated carbocycles. The van der Waals surface area contributed by atoms with Crippen LogP contribution in [0.15, 0.2) is 18.2 Å². The quantitative estimate of drug-likeness (QED) is 0.842. The minimum atomic E-state index is -0.302. The zero-order chi connectivity index (χ0) is 11.5. The highest BCUT2D eigenvalue weighted by atomic mass is 35.5. The van der Waals surface area contributed by atoms with Crippen LogP contribution in [0.25, 0.3) is 0 Å². The molecule has 0 amide bonds. The summed E-state index contributed by atoms with van der Waals surface area (Å²) in [4.78, 5) is 0. The number of hydrogen-bond acceptors (Lipinski definition) is 1. The van der Waals surface area contributed by atoms with Crippen molar-refractivity contribution in [1.82, 2.24) is 0 Å². The maximum absolute atomic E-state index is 13.6. The van der Waals surface area contributed by atoms with Crippen LogP contribution in [0.4, 0.5) is 4.39 Å². The van der Waals surface area contributed by atoms with E-state index in [9.17, 15) is 4.39 Å². The Balaban J connectivity index is 2.85. The first-order valence-electron chi connectivity index (χ1n) is 5.09. The van der Waals surface area contributed by atoms with Crippen LogP contribution in [0.3, 0.4) is 0 Å². The molecule has 0 bridgehead atoms. The Hall–Kier alpha value is -0.600. The van der Waals surface area contributed by atoms with Gasteiger partial charge < -0.3 is 5.73 Å². The molecule has 0 fully saturated rings. The van der Waals surface area contributed by atoms with Crippen molar-refractivity contribution in [2.75, 3.05) is 6.54 Å². The molecule has 0 aliphatic rings. The number of hydrogen-bond donors (Lipinski definition) is 1. The van der Waals surface area contributed by atoms with Gasteiger partial charge in [0.1, 0.15) is 5.82 Å². The molecule has 1 nitrogen and oxygen atoms in total. The minimum Gasteiger partial charge on any atom is -0.330 e. The molecule has 1 aromatic rings. The molecule has 3 heteroatoms. The summed E-state index contributed by atoms with van der Waals surface area (Å²) in [5, 5.41) is 0.191. The second-order valence-electron chi connectivity index (χ2n) is 4.59. The Bertz CT molecular complexity index is 336. The lowest BCUT2D eigenvalue weighted by Gasteiger charge is -2.24. The van der Waals surface area contributed by atoms with E-state index >= 15 is 0 Å². The largest absolute Gasteiger partial charge is 0.330 e. The van der Waals surface area contributed by atoms with E-state index in [1.54, 1.807) is 18.2 Å². The lowest BCUT2D eigenvalue weighted by atomic mass is 9.82. The predicted molar refractivity (Wildman–Crippen MR) is 62.6 cm³/mol. The van der Waals surface area contributed by atoms with Crippen LogP contribution < -0.4 is 5.73 Å². The third kappa shape index (κ3) is 3.47. The molecule has 0 spiro atoms. The third-order valence-electron chi connectivity index (χ3n) is 2.52. The maximum atomic E-state index is 13.6. The first kappa shape index (κ1) is 12.5. The second kappa shape index (κ2) is 4.95. The Labute approximate surface area is 95.4 Å². The molecule has 0 aromatic heterocycles. The molecule has 0 atom stereocenters. The Morgan fingerprint density at radius 1 is 1.40 bits per heavy atom. The van der Waals surface area contributed by atoms with Crippen LogP contribution in [0, 0.1) is 11.2 Å². The smallest absolute Gasteiger partial charge is 0.144 e. The normalized spacial score (nSPS) is 11.8. The molecule has 2 N–H and O–H groups in total. The predicted octanol–water partition coefficient (Wildman–Crippen LogP) is 3.40. The first-order chi connectivity index (χ1) is 6.96. The fourth-order valence-electron chi connectivity index (χ4n) is 1.68. The van der Waals surface area contributed by atoms with Crippen LogP contribution in [0.2, 0.25) is 5.02 Å². The monoisotopic (exact) mass is 229 g/mol. The zero-order valence-corrected chi connectivity index (χ0v) is 9.94. The third-order valence-corrected chi connectivity index (χ3v) is 2.81. The standard InChI is InChI=1S/C12H17ClFN/c1-12(2,6-7-15)8-9-4-3-5-10(13)11(9)14/h3-5H,6-8,15H2,1-2H3. The topological polar surface area (TPSA) is 26.0 Å². The highest BCUT2D eigenvalue weighted by Crippen LogP contribution is 2.28. The Morgan fingerprint density at radius 2 is 2.07 bits per heavy atom. The van der Waals surface area contributed by atoms with Crippen LogP contribution in [-0.4, -0.2) is 6.54 Å². The van der Waals surface area contributed by atoms with Crippen molar-refractivity contribution in [2.24, 2.45) is 11.1 Å². The molecule has 0 radical (unpaired) electrons. The number of benzene rings is 1. The van der Waals surface area contributed by atoms with E-state index in [0.29, 0.717) is 18.5 Å². The summed E-state index contributed by atoms with van der Waals surface area (Å²) in [5.41, 5.74) is 6.20. The lowest BCUT2D eigenvalue weighted by Crippen LogP contribution is -2.20. The van der Waals surface area contributed by atoms with Crippen molar-refractivity contribution < 1.29 is 4.39 Å². The summed E-state index contributed by atoms with van der Waals surface area (Å²) in [6, 6.07) is 5.12. The van der Waals surface area contributed by atoms with E-state index in [1.807, 2.05) is 0 Å². The van der Waals surface area contributed by atoms with Gasteiger partial charge in [0.2, 0.25) is 0 Å². The Kier molecular flexibility index (Phi) is 4.12. The van der Waals surface area contributed by atoms with Crippen molar-refractivity contribution >= 4 is 11.6 Å².